The van der Waals surface area contributed by atoms with E-state index in [0.29, 0.717) is 13.0 Å². The molecular weight excluding hydrogens is 379 g/mol. The number of unbranched alkanes of at least 4 members (excludes halogenated alkanes) is 1. The highest BCUT2D eigenvalue weighted by molar-refractivity contribution is 7.89. The molecule has 28 heavy (non-hydrogen) atoms. The van der Waals surface area contributed by atoms with Gasteiger partial charge in [0.05, 0.1) is 10.9 Å². The van der Waals surface area contributed by atoms with Gasteiger partial charge in [-0.15, -0.1) is 0 Å². The van der Waals surface area contributed by atoms with Gasteiger partial charge < -0.3 is 5.32 Å². The van der Waals surface area contributed by atoms with Crippen LogP contribution in [0.1, 0.15) is 43.4 Å². The van der Waals surface area contributed by atoms with Gasteiger partial charge in [0, 0.05) is 19.5 Å². The maximum atomic E-state index is 13.2. The first-order valence-electron chi connectivity index (χ1n) is 9.55. The van der Waals surface area contributed by atoms with Crippen LogP contribution in [0.5, 0.6) is 0 Å². The van der Waals surface area contributed by atoms with Crippen LogP contribution in [0.3, 0.4) is 0 Å². The molecule has 1 N–H and O–H groups in total. The quantitative estimate of drug-likeness (QED) is 0.719. The first-order chi connectivity index (χ1) is 13.4. The summed E-state index contributed by atoms with van der Waals surface area (Å²) in [4.78, 5) is 12.5. The minimum absolute atomic E-state index is 0.0321. The van der Waals surface area contributed by atoms with Crippen molar-refractivity contribution in [2.45, 2.75) is 43.5 Å². The van der Waals surface area contributed by atoms with E-state index >= 15 is 0 Å². The van der Waals surface area contributed by atoms with Crippen molar-refractivity contribution in [2.75, 3.05) is 13.1 Å². The molecule has 0 radical (unpaired) electrons. The Morgan fingerprint density at radius 1 is 1.18 bits per heavy atom. The second kappa shape index (κ2) is 8.84. The number of carbonyl (C=O) groups excluding carboxylic acids is 1. The monoisotopic (exact) mass is 404 g/mol. The molecule has 1 heterocycles. The molecule has 0 spiro atoms. The highest BCUT2D eigenvalue weighted by Gasteiger charge is 2.37. The van der Waals surface area contributed by atoms with Crippen molar-refractivity contribution in [3.8, 4) is 0 Å². The van der Waals surface area contributed by atoms with E-state index in [4.69, 9.17) is 0 Å². The first-order valence-corrected chi connectivity index (χ1v) is 11.0. The molecule has 1 aliphatic heterocycles. The topological polar surface area (TPSA) is 66.5 Å². The average Bonchev–Trinajstić information content (AvgIpc) is 2.68. The summed E-state index contributed by atoms with van der Waals surface area (Å²) in [5.41, 5.74) is 1.91. The second-order valence-corrected chi connectivity index (χ2v) is 8.83. The van der Waals surface area contributed by atoms with Crippen LogP contribution in [0.25, 0.3) is 0 Å². The molecule has 1 unspecified atom stereocenters. The molecule has 1 aliphatic rings. The fourth-order valence-corrected chi connectivity index (χ4v) is 5.13. The van der Waals surface area contributed by atoms with Gasteiger partial charge in [0.15, 0.2) is 0 Å². The standard InChI is InChI=1S/C21H25FN2O3S/c1-2-3-13-23-21(25)15-20-19-7-5-4-6-16(19)12-14-24(20)28(26,27)18-10-8-17(22)9-11-18/h4-11,20H,2-3,12-15H2,1H3,(H,23,25). The van der Waals surface area contributed by atoms with Crippen molar-refractivity contribution >= 4 is 15.9 Å². The first kappa shape index (κ1) is 20.5. The summed E-state index contributed by atoms with van der Waals surface area (Å²) in [5.74, 6) is -0.663. The smallest absolute Gasteiger partial charge is 0.243 e. The summed E-state index contributed by atoms with van der Waals surface area (Å²) in [6.07, 6.45) is 2.48. The largest absolute Gasteiger partial charge is 0.356 e. The molecule has 0 aromatic heterocycles. The van der Waals surface area contributed by atoms with Crippen molar-refractivity contribution in [3.63, 3.8) is 0 Å². The lowest BCUT2D eigenvalue weighted by Gasteiger charge is -2.36. The molecule has 0 aliphatic carbocycles. The highest BCUT2D eigenvalue weighted by Crippen LogP contribution is 2.36. The number of rotatable bonds is 7. The van der Waals surface area contributed by atoms with Crippen LogP contribution in [-0.4, -0.2) is 31.7 Å². The number of hydrogen-bond donors (Lipinski definition) is 1. The Hall–Kier alpha value is -2.25. The lowest BCUT2D eigenvalue weighted by molar-refractivity contribution is -0.122. The van der Waals surface area contributed by atoms with Crippen LogP contribution >= 0.6 is 0 Å². The molecule has 1 atom stereocenters. The number of fused-ring (bicyclic) bond motifs is 1. The third kappa shape index (κ3) is 4.42. The fourth-order valence-electron chi connectivity index (χ4n) is 3.52. The maximum absolute atomic E-state index is 13.2. The van der Waals surface area contributed by atoms with E-state index in [0.717, 1.165) is 36.1 Å². The Balaban J connectivity index is 1.92. The molecule has 1 amide bonds. The summed E-state index contributed by atoms with van der Waals surface area (Å²) >= 11 is 0. The van der Waals surface area contributed by atoms with Crippen LogP contribution < -0.4 is 5.32 Å². The zero-order chi connectivity index (χ0) is 20.1. The Morgan fingerprint density at radius 3 is 2.61 bits per heavy atom. The zero-order valence-electron chi connectivity index (χ0n) is 15.9. The third-order valence-corrected chi connectivity index (χ3v) is 6.94. The summed E-state index contributed by atoms with van der Waals surface area (Å²) < 4.78 is 41.1. The van der Waals surface area contributed by atoms with Crippen molar-refractivity contribution < 1.29 is 17.6 Å². The number of carbonyl (C=O) groups is 1. The number of nitrogens with one attached hydrogen (secondary N) is 1. The minimum Gasteiger partial charge on any atom is -0.356 e. The molecule has 0 fully saturated rings. The minimum atomic E-state index is -3.85. The van der Waals surface area contributed by atoms with Gasteiger partial charge >= 0.3 is 0 Å². The van der Waals surface area contributed by atoms with Crippen LogP contribution in [0.4, 0.5) is 4.39 Å². The highest BCUT2D eigenvalue weighted by atomic mass is 32.2. The van der Waals surface area contributed by atoms with Crippen LogP contribution in [0.15, 0.2) is 53.4 Å². The molecule has 2 aromatic rings. The Morgan fingerprint density at radius 2 is 1.89 bits per heavy atom. The number of nitrogens with zero attached hydrogens (tertiary/aromatic N) is 1. The predicted octanol–water partition coefficient (Wildman–Crippen LogP) is 3.42. The Bertz CT molecular complexity index is 929. The number of halogens is 1. The van der Waals surface area contributed by atoms with Gasteiger partial charge in [0.1, 0.15) is 5.82 Å². The SMILES string of the molecule is CCCCNC(=O)CC1c2ccccc2CCN1S(=O)(=O)c1ccc(F)cc1. The molecule has 5 nitrogen and oxygen atoms in total. The van der Waals surface area contributed by atoms with E-state index in [9.17, 15) is 17.6 Å². The molecule has 0 saturated heterocycles. The van der Waals surface area contributed by atoms with Crippen molar-refractivity contribution in [3.05, 3.63) is 65.5 Å². The summed E-state index contributed by atoms with van der Waals surface area (Å²) in [6.45, 7) is 2.90. The normalized spacial score (nSPS) is 17.1. The van der Waals surface area contributed by atoms with Crippen molar-refractivity contribution in [2.24, 2.45) is 0 Å². The Kier molecular flexibility index (Phi) is 6.46. The summed E-state index contributed by atoms with van der Waals surface area (Å²) in [5, 5.41) is 2.87. The Labute approximate surface area is 165 Å². The van der Waals surface area contributed by atoms with E-state index in [1.807, 2.05) is 31.2 Å². The lowest BCUT2D eigenvalue weighted by Crippen LogP contribution is -2.42. The molecule has 150 valence electrons. The van der Waals surface area contributed by atoms with Gasteiger partial charge in [-0.25, -0.2) is 12.8 Å². The van der Waals surface area contributed by atoms with Gasteiger partial charge in [0.25, 0.3) is 0 Å². The zero-order valence-corrected chi connectivity index (χ0v) is 16.7. The van der Waals surface area contributed by atoms with E-state index in [2.05, 4.69) is 5.32 Å². The van der Waals surface area contributed by atoms with Crippen LogP contribution in [0.2, 0.25) is 0 Å². The number of benzene rings is 2. The second-order valence-electron chi connectivity index (χ2n) is 6.94. The average molecular weight is 405 g/mol. The van der Waals surface area contributed by atoms with Gasteiger partial charge in [-0.2, -0.15) is 4.31 Å². The van der Waals surface area contributed by atoms with Gasteiger partial charge in [-0.3, -0.25) is 4.79 Å². The summed E-state index contributed by atoms with van der Waals surface area (Å²) in [7, 11) is -3.85. The molecule has 2 aromatic carbocycles. The maximum Gasteiger partial charge on any atom is 0.243 e. The summed E-state index contributed by atoms with van der Waals surface area (Å²) in [6, 6.07) is 11.9. The third-order valence-electron chi connectivity index (χ3n) is 5.01. The van der Waals surface area contributed by atoms with E-state index in [1.165, 1.54) is 16.4 Å². The number of amides is 1. The van der Waals surface area contributed by atoms with Crippen LogP contribution in [-0.2, 0) is 21.2 Å². The number of sulfonamides is 1. The van der Waals surface area contributed by atoms with E-state index < -0.39 is 21.9 Å². The molecule has 0 saturated carbocycles. The molecule has 7 heteroatoms. The van der Waals surface area contributed by atoms with Gasteiger partial charge in [0.2, 0.25) is 15.9 Å². The molecule has 0 bridgehead atoms. The fraction of sp³-hybridized carbons (Fsp3) is 0.381. The van der Waals surface area contributed by atoms with E-state index in [-0.39, 0.29) is 23.8 Å². The number of hydrogen-bond acceptors (Lipinski definition) is 3. The molecule has 3 rings (SSSR count). The van der Waals surface area contributed by atoms with Crippen LogP contribution in [0, 0.1) is 5.82 Å². The van der Waals surface area contributed by atoms with Gasteiger partial charge in [-0.05, 0) is 48.2 Å². The van der Waals surface area contributed by atoms with E-state index in [1.54, 1.807) is 0 Å². The van der Waals surface area contributed by atoms with Crippen molar-refractivity contribution in [1.82, 2.24) is 9.62 Å². The van der Waals surface area contributed by atoms with Gasteiger partial charge in [-0.1, -0.05) is 37.6 Å². The predicted molar refractivity (Wildman–Crippen MR) is 106 cm³/mol. The lowest BCUT2D eigenvalue weighted by atomic mass is 9.92. The molecular formula is C21H25FN2O3S. The van der Waals surface area contributed by atoms with Crippen molar-refractivity contribution in [1.29, 1.82) is 0 Å².